The van der Waals surface area contributed by atoms with Gasteiger partial charge >= 0.3 is 10.6 Å². The van der Waals surface area contributed by atoms with Gasteiger partial charge in [-0.3, -0.25) is 32.5 Å². The van der Waals surface area contributed by atoms with Gasteiger partial charge in [0.2, 0.25) is 0 Å². The maximum atomic E-state index is 14.1. The van der Waals surface area contributed by atoms with Crippen molar-refractivity contribution in [3.63, 3.8) is 0 Å². The highest BCUT2D eigenvalue weighted by molar-refractivity contribution is 7.87. The summed E-state index contributed by atoms with van der Waals surface area (Å²) < 4.78 is 124. The van der Waals surface area contributed by atoms with Crippen LogP contribution >= 0.6 is 0 Å². The maximum absolute atomic E-state index is 14.1. The van der Waals surface area contributed by atoms with Gasteiger partial charge in [0.1, 0.15) is 27.1 Å². The molecule has 0 spiro atoms. The number of hydrogen-bond acceptors (Lipinski definition) is 20. The van der Waals surface area contributed by atoms with Crippen LogP contribution in [0.3, 0.4) is 0 Å². The molecule has 6 N–H and O–H groups in total. The summed E-state index contributed by atoms with van der Waals surface area (Å²) in [6, 6.07) is 46.7. The number of rotatable bonds is 11. The van der Waals surface area contributed by atoms with Gasteiger partial charge in [-0.05, 0) is 58.8 Å². The third kappa shape index (κ3) is 15.5. The molecule has 0 aromatic heterocycles. The highest BCUT2D eigenvalue weighted by Crippen LogP contribution is 2.34. The van der Waals surface area contributed by atoms with Crippen molar-refractivity contribution in [2.24, 2.45) is 0 Å². The molecule has 0 unspecified atom stereocenters. The molecule has 2 heterocycles. The van der Waals surface area contributed by atoms with E-state index in [-0.39, 0.29) is 97.5 Å². The largest absolute Gasteiger partial charge is 0.506 e. The Morgan fingerprint density at radius 3 is 1.20 bits per heavy atom. The predicted octanol–water partition coefficient (Wildman–Crippen LogP) is 9.97. The minimum Gasteiger partial charge on any atom is -0.506 e. The smallest absolute Gasteiger partial charge is 0.425 e. The first-order chi connectivity index (χ1) is 44.9. The van der Waals surface area contributed by atoms with Gasteiger partial charge in [-0.25, -0.2) is 9.97 Å². The number of para-hydroxylation sites is 2. The second kappa shape index (κ2) is 31.4. The van der Waals surface area contributed by atoms with Crippen LogP contribution in [0.1, 0.15) is 72.1 Å². The summed E-state index contributed by atoms with van der Waals surface area (Å²) in [6.45, 7) is 16.0. The van der Waals surface area contributed by atoms with E-state index in [1.54, 1.807) is 140 Å². The van der Waals surface area contributed by atoms with E-state index in [1.807, 2.05) is 55.4 Å². The Balaban J connectivity index is 0.000000258. The SMILES string of the molecule is CC.CC.CC.CC.COS(=O)(=O)c1cc(Nc2ccccc2)c2c3c1nc(=O)c(=C(O)c1cccc(CS(=O)(=O)O)c1)c=3c1ccccc1c2=O.O=S(=O)=O.O=c1nc2c(S(=O)(=O)O)cc(Nc3ccccc3)c3c2=c(c1=C(O)c1ccccc1)c1ccccc1c3=O. The van der Waals surface area contributed by atoms with Crippen LogP contribution in [-0.2, 0) is 50.9 Å². The molecule has 22 nitrogen and oxygen atoms in total. The van der Waals surface area contributed by atoms with Gasteiger partial charge in [-0.15, -0.1) is 12.6 Å². The summed E-state index contributed by atoms with van der Waals surface area (Å²) in [5.41, 5.74) is -1.69. The first-order valence-electron chi connectivity index (χ1n) is 29.0. The third-order valence-corrected chi connectivity index (χ3v) is 16.5. The van der Waals surface area contributed by atoms with Crippen molar-refractivity contribution in [2.45, 2.75) is 70.9 Å². The number of hydrogen-bond donors (Lipinski definition) is 6. The minimum absolute atomic E-state index is 0.000460. The molecule has 26 heteroatoms. The molecule has 0 fully saturated rings. The summed E-state index contributed by atoms with van der Waals surface area (Å²) in [5, 5.41) is 29.9. The van der Waals surface area contributed by atoms with E-state index in [0.29, 0.717) is 22.3 Å². The molecule has 0 atom stereocenters. The topological polar surface area (TPSA) is 362 Å². The number of aliphatic hydroxyl groups is 2. The summed E-state index contributed by atoms with van der Waals surface area (Å²) in [4.78, 5) is 62.1. The van der Waals surface area contributed by atoms with E-state index in [4.69, 9.17) is 16.8 Å². The van der Waals surface area contributed by atoms with Crippen LogP contribution in [0.5, 0.6) is 0 Å². The molecule has 94 heavy (non-hydrogen) atoms. The monoisotopic (exact) mass is 1350 g/mol. The van der Waals surface area contributed by atoms with Gasteiger partial charge in [0, 0.05) is 54.1 Å². The Morgan fingerprint density at radius 2 is 0.809 bits per heavy atom. The van der Waals surface area contributed by atoms with Crippen LogP contribution in [0.25, 0.3) is 54.9 Å². The lowest BCUT2D eigenvalue weighted by Gasteiger charge is -2.15. The van der Waals surface area contributed by atoms with Crippen molar-refractivity contribution in [1.82, 2.24) is 9.97 Å². The molecule has 8 aromatic rings. The van der Waals surface area contributed by atoms with E-state index < -0.39 is 84.2 Å². The van der Waals surface area contributed by atoms with E-state index in [0.717, 1.165) is 13.2 Å². The van der Waals surface area contributed by atoms with Gasteiger partial charge in [-0.2, -0.15) is 25.3 Å². The quantitative estimate of drug-likeness (QED) is 0.0518. The van der Waals surface area contributed by atoms with Gasteiger partial charge in [0.25, 0.3) is 41.5 Å². The van der Waals surface area contributed by atoms with E-state index >= 15 is 0 Å². The fourth-order valence-electron chi connectivity index (χ4n) is 10.2. The summed E-state index contributed by atoms with van der Waals surface area (Å²) >= 11 is 0. The van der Waals surface area contributed by atoms with Gasteiger partial charge in [0.15, 0.2) is 10.9 Å². The third-order valence-electron chi connectivity index (χ3n) is 13.7. The Kier molecular flexibility index (Phi) is 24.4. The molecule has 0 amide bonds. The van der Waals surface area contributed by atoms with Crippen LogP contribution in [0.15, 0.2) is 205 Å². The van der Waals surface area contributed by atoms with E-state index in [2.05, 4.69) is 20.6 Å². The number of fused-ring (bicyclic) bond motifs is 4. The fraction of sp³-hybridized carbons (Fsp3) is 0.147. The molecule has 0 saturated heterocycles. The van der Waals surface area contributed by atoms with Gasteiger partial charge in [-0.1, -0.05) is 189 Å². The molecule has 0 radical (unpaired) electrons. The Hall–Kier alpha value is -10.2. The van der Waals surface area contributed by atoms with Crippen molar-refractivity contribution >= 4 is 119 Å². The lowest BCUT2D eigenvalue weighted by Crippen LogP contribution is -2.33. The van der Waals surface area contributed by atoms with Crippen LogP contribution in [-0.4, -0.2) is 74.3 Å². The molecular formula is C68H64N4O18S4. The second-order valence-corrected chi connectivity index (χ2v) is 23.8. The standard InChI is InChI=1S/C31H22N2O9S2.C29H18N2O6S.4C2H6.O3S/c1-42-44(40,41)23-15-22(32-19-10-3-2-4-11-19)25-26-24(20-12-5-6-13-21(20)30(25)35)27(31(36)33-28(23)26)29(34)18-9-7-8-17(14-18)16-43(37,38)39;32-27(16-9-3-1-4-10-16)25-22-18-13-7-8-14-19(18)28(33)23-20(30-17-11-5-2-6-12-17)15-21(38(35,36)37)26(24(22)23)31-29(25)34;4*1-2;1-4(2)3/h2-15,32,34H,16H2,1H3,(H,37,38,39);1-15,30,32H,(H,35,36,37);4*1-2H3;. The molecular weight excluding hydrogens is 1290 g/mol. The maximum Gasteiger partial charge on any atom is 0.425 e. The van der Waals surface area contributed by atoms with Crippen molar-refractivity contribution in [2.75, 3.05) is 17.7 Å². The number of benzene rings is 8. The first-order valence-corrected chi connectivity index (χ1v) is 34.5. The molecule has 488 valence electrons. The van der Waals surface area contributed by atoms with Crippen molar-refractivity contribution in [3.05, 3.63) is 265 Å². The lowest BCUT2D eigenvalue weighted by atomic mass is 9.96. The average Bonchev–Trinajstić information content (AvgIpc) is 0.713. The molecule has 4 aliphatic rings. The molecule has 8 aromatic carbocycles. The van der Waals surface area contributed by atoms with Gasteiger partial charge in [0.05, 0.1) is 50.7 Å². The second-order valence-electron chi connectivity index (χ2n) is 18.9. The number of nitrogens with zero attached hydrogens (tertiary/aromatic N) is 2. The number of aromatic nitrogens is 2. The van der Waals surface area contributed by atoms with Crippen LogP contribution in [0.2, 0.25) is 0 Å². The fourth-order valence-corrected chi connectivity index (χ4v) is 12.3. The summed E-state index contributed by atoms with van der Waals surface area (Å²) in [6.07, 6.45) is 0. The molecule has 2 aliphatic carbocycles. The Bertz CT molecular complexity index is 5750. The predicted molar refractivity (Wildman–Crippen MR) is 364 cm³/mol. The Morgan fingerprint density at radius 1 is 0.457 bits per heavy atom. The Labute approximate surface area is 540 Å². The van der Waals surface area contributed by atoms with Crippen LogP contribution in [0, 0.1) is 20.9 Å². The first kappa shape index (κ1) is 72.9. The zero-order valence-corrected chi connectivity index (χ0v) is 55.2. The minimum atomic E-state index is -4.88. The molecule has 12 rings (SSSR count). The summed E-state index contributed by atoms with van der Waals surface area (Å²) in [5.74, 6) is -1.70. The average molecular weight is 1350 g/mol. The number of aliphatic hydroxyl groups excluding tert-OH is 2. The molecule has 0 bridgehead atoms. The van der Waals surface area contributed by atoms with E-state index in [9.17, 15) is 63.8 Å². The van der Waals surface area contributed by atoms with E-state index in [1.165, 1.54) is 30.3 Å². The van der Waals surface area contributed by atoms with Crippen LogP contribution in [0.4, 0.5) is 22.7 Å². The lowest BCUT2D eigenvalue weighted by molar-refractivity contribution is 0.398. The highest BCUT2D eigenvalue weighted by Gasteiger charge is 2.28. The summed E-state index contributed by atoms with van der Waals surface area (Å²) in [7, 11) is -15.9. The zero-order chi connectivity index (χ0) is 69.6. The molecule has 2 aliphatic heterocycles. The normalized spacial score (nSPS) is 11.8. The van der Waals surface area contributed by atoms with Crippen molar-refractivity contribution in [1.29, 1.82) is 0 Å². The number of nitrogens with one attached hydrogen (secondary N) is 2. The molecule has 0 saturated carbocycles. The highest BCUT2D eigenvalue weighted by atomic mass is 32.2. The number of anilines is 4. The van der Waals surface area contributed by atoms with Crippen molar-refractivity contribution in [3.8, 4) is 0 Å². The van der Waals surface area contributed by atoms with Gasteiger partial charge < -0.3 is 20.8 Å². The van der Waals surface area contributed by atoms with Crippen molar-refractivity contribution < 1.29 is 61.4 Å². The van der Waals surface area contributed by atoms with Crippen LogP contribution < -0.4 is 43.0 Å². The zero-order valence-electron chi connectivity index (χ0n) is 52.0.